The van der Waals surface area contributed by atoms with Crippen LogP contribution in [0, 0.1) is 0 Å². The molecule has 118 valence electrons. The minimum Gasteiger partial charge on any atom is -0.372 e. The van der Waals surface area contributed by atoms with Crippen molar-refractivity contribution in [2.45, 2.75) is 58.3 Å². The second-order valence-electron chi connectivity index (χ2n) is 6.19. The fourth-order valence-electron chi connectivity index (χ4n) is 3.67. The molecule has 2 aliphatic heterocycles. The quantitative estimate of drug-likeness (QED) is 0.732. The van der Waals surface area contributed by atoms with Gasteiger partial charge in [-0.15, -0.1) is 0 Å². The summed E-state index contributed by atoms with van der Waals surface area (Å²) in [4.78, 5) is 5.22. The fourth-order valence-corrected chi connectivity index (χ4v) is 3.67. The van der Waals surface area contributed by atoms with E-state index in [0.717, 1.165) is 25.7 Å². The molecule has 2 fully saturated rings. The summed E-state index contributed by atoms with van der Waals surface area (Å²) >= 11 is 0. The van der Waals surface area contributed by atoms with Crippen LogP contribution in [0.5, 0.6) is 0 Å². The van der Waals surface area contributed by atoms with E-state index in [4.69, 9.17) is 4.74 Å². The van der Waals surface area contributed by atoms with Crippen molar-refractivity contribution in [1.29, 1.82) is 0 Å². The summed E-state index contributed by atoms with van der Waals surface area (Å²) in [5.74, 6) is 0. The number of hydrogen-bond donors (Lipinski definition) is 1. The first kappa shape index (κ1) is 16.2. The van der Waals surface area contributed by atoms with Gasteiger partial charge in [0.25, 0.3) is 0 Å². The molecule has 3 unspecified atom stereocenters. The average molecular weight is 283 g/mol. The lowest BCUT2D eigenvalue weighted by Gasteiger charge is -2.27. The first-order valence-corrected chi connectivity index (χ1v) is 8.59. The molecule has 2 aliphatic rings. The lowest BCUT2D eigenvalue weighted by molar-refractivity contribution is 0.0265. The first-order valence-electron chi connectivity index (χ1n) is 8.59. The highest BCUT2D eigenvalue weighted by atomic mass is 16.5. The van der Waals surface area contributed by atoms with E-state index in [9.17, 15) is 0 Å². The summed E-state index contributed by atoms with van der Waals surface area (Å²) in [6.07, 6.45) is 4.71. The Bertz CT molecular complexity index is 270. The molecule has 0 spiro atoms. The molecule has 0 bridgehead atoms. The predicted octanol–water partition coefficient (Wildman–Crippen LogP) is 1.56. The molecule has 0 saturated carbocycles. The highest BCUT2D eigenvalue weighted by molar-refractivity contribution is 4.86. The molecule has 0 aromatic carbocycles. The predicted molar refractivity (Wildman–Crippen MR) is 84.2 cm³/mol. The molecule has 2 saturated heterocycles. The van der Waals surface area contributed by atoms with E-state index in [0.29, 0.717) is 12.2 Å². The van der Waals surface area contributed by atoms with Crippen LogP contribution in [0.1, 0.15) is 40.0 Å². The molecule has 0 aliphatic carbocycles. The van der Waals surface area contributed by atoms with Crippen molar-refractivity contribution in [3.8, 4) is 0 Å². The largest absolute Gasteiger partial charge is 0.372 e. The molecule has 3 atom stereocenters. The molecule has 0 aromatic rings. The van der Waals surface area contributed by atoms with Crippen molar-refractivity contribution >= 4 is 0 Å². The lowest BCUT2D eigenvalue weighted by Crippen LogP contribution is -2.39. The molecule has 0 radical (unpaired) electrons. The summed E-state index contributed by atoms with van der Waals surface area (Å²) in [5.41, 5.74) is 0. The van der Waals surface area contributed by atoms with Gasteiger partial charge in [0, 0.05) is 25.7 Å². The molecular weight excluding hydrogens is 250 g/mol. The highest BCUT2D eigenvalue weighted by Gasteiger charge is 2.31. The van der Waals surface area contributed by atoms with Crippen LogP contribution in [0.2, 0.25) is 0 Å². The third-order valence-corrected chi connectivity index (χ3v) is 4.86. The van der Waals surface area contributed by atoms with Gasteiger partial charge in [-0.1, -0.05) is 20.8 Å². The molecule has 1 N–H and O–H groups in total. The van der Waals surface area contributed by atoms with Crippen LogP contribution in [-0.4, -0.2) is 73.9 Å². The van der Waals surface area contributed by atoms with Gasteiger partial charge in [-0.05, 0) is 45.4 Å². The number of rotatable bonds is 8. The maximum atomic E-state index is 6.16. The minimum absolute atomic E-state index is 0.445. The van der Waals surface area contributed by atoms with Crippen LogP contribution in [0.15, 0.2) is 0 Å². The monoisotopic (exact) mass is 283 g/mol. The zero-order valence-electron chi connectivity index (χ0n) is 13.6. The van der Waals surface area contributed by atoms with E-state index >= 15 is 0 Å². The Kier molecular flexibility index (Phi) is 6.75. The summed E-state index contributed by atoms with van der Waals surface area (Å²) in [5, 5.41) is 3.40. The molecule has 4 nitrogen and oxygen atoms in total. The fraction of sp³-hybridized carbons (Fsp3) is 1.00. The molecule has 20 heavy (non-hydrogen) atoms. The van der Waals surface area contributed by atoms with Crippen molar-refractivity contribution in [3.05, 3.63) is 0 Å². The van der Waals surface area contributed by atoms with Crippen molar-refractivity contribution < 1.29 is 4.74 Å². The Hall–Kier alpha value is -0.160. The van der Waals surface area contributed by atoms with Crippen LogP contribution in [0.25, 0.3) is 0 Å². The third kappa shape index (κ3) is 4.42. The molecule has 4 heteroatoms. The van der Waals surface area contributed by atoms with E-state index in [2.05, 4.69) is 35.9 Å². The molecular formula is C16H33N3O. The Morgan fingerprint density at radius 3 is 2.55 bits per heavy atom. The van der Waals surface area contributed by atoms with Crippen molar-refractivity contribution in [2.75, 3.05) is 45.8 Å². The first-order chi connectivity index (χ1) is 9.76. The van der Waals surface area contributed by atoms with Gasteiger partial charge in [0.05, 0.1) is 12.2 Å². The molecule has 0 aromatic heterocycles. The zero-order chi connectivity index (χ0) is 14.4. The molecule has 2 rings (SSSR count). The molecule has 2 heterocycles. The van der Waals surface area contributed by atoms with Crippen molar-refractivity contribution in [3.63, 3.8) is 0 Å². The maximum Gasteiger partial charge on any atom is 0.0707 e. The van der Waals surface area contributed by atoms with E-state index in [1.54, 1.807) is 0 Å². The van der Waals surface area contributed by atoms with Crippen LogP contribution < -0.4 is 5.32 Å². The van der Waals surface area contributed by atoms with Crippen LogP contribution in [0.4, 0.5) is 0 Å². The third-order valence-electron chi connectivity index (χ3n) is 4.86. The van der Waals surface area contributed by atoms with Crippen molar-refractivity contribution in [1.82, 2.24) is 15.1 Å². The van der Waals surface area contributed by atoms with Gasteiger partial charge >= 0.3 is 0 Å². The number of ether oxygens (including phenoxy) is 1. The van der Waals surface area contributed by atoms with E-state index < -0.39 is 0 Å². The SMILES string of the molecule is CCNCC1CCC(CN2CCC(N(CC)CC)C2)O1. The summed E-state index contributed by atoms with van der Waals surface area (Å²) in [7, 11) is 0. The van der Waals surface area contributed by atoms with Gasteiger partial charge in [0.2, 0.25) is 0 Å². The second kappa shape index (κ2) is 8.32. The number of nitrogens with one attached hydrogen (secondary N) is 1. The van der Waals surface area contributed by atoms with Gasteiger partial charge in [0.15, 0.2) is 0 Å². The molecule has 0 amide bonds. The highest BCUT2D eigenvalue weighted by Crippen LogP contribution is 2.23. The van der Waals surface area contributed by atoms with Gasteiger partial charge in [-0.3, -0.25) is 9.80 Å². The standard InChI is InChI=1S/C16H33N3O/c1-4-17-11-15-7-8-16(20-15)13-18-10-9-14(12-18)19(5-2)6-3/h14-17H,4-13H2,1-3H3. The van der Waals surface area contributed by atoms with E-state index in [1.165, 1.54) is 45.4 Å². The van der Waals surface area contributed by atoms with Gasteiger partial charge in [-0.25, -0.2) is 0 Å². The second-order valence-corrected chi connectivity index (χ2v) is 6.19. The number of hydrogen-bond acceptors (Lipinski definition) is 4. The number of likely N-dealkylation sites (tertiary alicyclic amines) is 1. The summed E-state index contributed by atoms with van der Waals surface area (Å²) in [6.45, 7) is 14.8. The van der Waals surface area contributed by atoms with Crippen LogP contribution >= 0.6 is 0 Å². The maximum absolute atomic E-state index is 6.16. The number of nitrogens with zero attached hydrogens (tertiary/aromatic N) is 2. The minimum atomic E-state index is 0.445. The number of likely N-dealkylation sites (N-methyl/N-ethyl adjacent to an activating group) is 2. The normalized spacial score (nSPS) is 31.5. The summed E-state index contributed by atoms with van der Waals surface area (Å²) in [6, 6.07) is 0.768. The Morgan fingerprint density at radius 1 is 1.10 bits per heavy atom. The average Bonchev–Trinajstić information content (AvgIpc) is 3.08. The van der Waals surface area contributed by atoms with E-state index in [1.807, 2.05) is 0 Å². The van der Waals surface area contributed by atoms with Crippen LogP contribution in [-0.2, 0) is 4.74 Å². The topological polar surface area (TPSA) is 27.7 Å². The van der Waals surface area contributed by atoms with Gasteiger partial charge in [-0.2, -0.15) is 0 Å². The lowest BCUT2D eigenvalue weighted by atomic mass is 10.2. The Balaban J connectivity index is 1.68. The summed E-state index contributed by atoms with van der Waals surface area (Å²) < 4.78 is 6.16. The van der Waals surface area contributed by atoms with Crippen molar-refractivity contribution in [2.24, 2.45) is 0 Å². The zero-order valence-corrected chi connectivity index (χ0v) is 13.6. The van der Waals surface area contributed by atoms with Gasteiger partial charge < -0.3 is 10.1 Å². The van der Waals surface area contributed by atoms with E-state index in [-0.39, 0.29) is 0 Å². The Morgan fingerprint density at radius 2 is 1.85 bits per heavy atom. The van der Waals surface area contributed by atoms with Crippen LogP contribution in [0.3, 0.4) is 0 Å². The van der Waals surface area contributed by atoms with Gasteiger partial charge in [0.1, 0.15) is 0 Å². The Labute approximate surface area is 124 Å². The smallest absolute Gasteiger partial charge is 0.0707 e.